The molecule has 1 aliphatic carbocycles. The molecule has 0 heterocycles. The summed E-state index contributed by atoms with van der Waals surface area (Å²) in [7, 11) is 0. The van der Waals surface area contributed by atoms with Gasteiger partial charge in [-0.05, 0) is 31.6 Å². The van der Waals surface area contributed by atoms with Gasteiger partial charge in [-0.15, -0.1) is 0 Å². The molecule has 4 heteroatoms. The molecule has 4 N–H and O–H groups in total. The second kappa shape index (κ2) is 3.22. The molecule has 1 saturated carbocycles. The Balaban J connectivity index is 3.46. The van der Waals surface area contributed by atoms with Gasteiger partial charge in [-0.3, -0.25) is 9.59 Å². The first-order valence-corrected chi connectivity index (χ1v) is 5.61. The Labute approximate surface area is 96.8 Å². The number of nitrogens with two attached hydrogens (primary N) is 2. The Kier molecular flexibility index (Phi) is 2.61. The third-order valence-corrected chi connectivity index (χ3v) is 5.38. The zero-order valence-electron chi connectivity index (χ0n) is 10.8. The standard InChI is InChI=1S/C12H22N2O2/c1-7-6-11(4,8(13)15)12(5,9(14)16)10(7,2)3/h7H,6H2,1-5H3,(H2,13,15)(H2,14,16). The summed E-state index contributed by atoms with van der Waals surface area (Å²) in [5.41, 5.74) is 8.93. The lowest BCUT2D eigenvalue weighted by Crippen LogP contribution is -2.56. The summed E-state index contributed by atoms with van der Waals surface area (Å²) in [5, 5.41) is 0. The molecule has 2 amide bonds. The first kappa shape index (κ1) is 13.0. The summed E-state index contributed by atoms with van der Waals surface area (Å²) in [4.78, 5) is 23.5. The quantitative estimate of drug-likeness (QED) is 0.737. The highest BCUT2D eigenvalue weighted by molar-refractivity contribution is 5.93. The first-order valence-electron chi connectivity index (χ1n) is 5.61. The maximum absolute atomic E-state index is 11.8. The normalized spacial score (nSPS) is 41.9. The maximum atomic E-state index is 11.8. The average molecular weight is 226 g/mol. The van der Waals surface area contributed by atoms with E-state index < -0.39 is 22.6 Å². The van der Waals surface area contributed by atoms with Crippen LogP contribution >= 0.6 is 0 Å². The van der Waals surface area contributed by atoms with Crippen LogP contribution in [0.2, 0.25) is 0 Å². The molecule has 1 aliphatic rings. The van der Waals surface area contributed by atoms with Gasteiger partial charge in [-0.2, -0.15) is 0 Å². The van der Waals surface area contributed by atoms with Crippen molar-refractivity contribution in [3.63, 3.8) is 0 Å². The van der Waals surface area contributed by atoms with Crippen LogP contribution in [0.15, 0.2) is 0 Å². The fourth-order valence-corrected chi connectivity index (χ4v) is 3.21. The van der Waals surface area contributed by atoms with E-state index in [0.29, 0.717) is 6.42 Å². The molecule has 1 rings (SSSR count). The molecule has 0 aromatic carbocycles. The third kappa shape index (κ3) is 1.16. The van der Waals surface area contributed by atoms with Crippen molar-refractivity contribution in [1.82, 2.24) is 0 Å². The fourth-order valence-electron chi connectivity index (χ4n) is 3.21. The van der Waals surface area contributed by atoms with E-state index in [9.17, 15) is 9.59 Å². The van der Waals surface area contributed by atoms with Crippen molar-refractivity contribution in [3.05, 3.63) is 0 Å². The van der Waals surface area contributed by atoms with Crippen molar-refractivity contribution in [2.24, 2.45) is 33.6 Å². The van der Waals surface area contributed by atoms with E-state index in [1.165, 1.54) is 0 Å². The van der Waals surface area contributed by atoms with Crippen molar-refractivity contribution in [3.8, 4) is 0 Å². The number of rotatable bonds is 2. The van der Waals surface area contributed by atoms with Crippen LogP contribution in [-0.4, -0.2) is 11.8 Å². The fraction of sp³-hybridized carbons (Fsp3) is 0.833. The van der Waals surface area contributed by atoms with Gasteiger partial charge in [-0.1, -0.05) is 20.8 Å². The molecule has 0 saturated heterocycles. The van der Waals surface area contributed by atoms with Gasteiger partial charge in [0.1, 0.15) is 0 Å². The Morgan fingerprint density at radius 1 is 1.06 bits per heavy atom. The van der Waals surface area contributed by atoms with E-state index in [1.54, 1.807) is 13.8 Å². The number of hydrogen-bond donors (Lipinski definition) is 2. The summed E-state index contributed by atoms with van der Waals surface area (Å²) in [5.74, 6) is -0.656. The molecule has 92 valence electrons. The highest BCUT2D eigenvalue weighted by Crippen LogP contribution is 2.64. The largest absolute Gasteiger partial charge is 0.369 e. The predicted molar refractivity (Wildman–Crippen MR) is 62.2 cm³/mol. The summed E-state index contributed by atoms with van der Waals surface area (Å²) in [6.07, 6.45) is 0.606. The van der Waals surface area contributed by atoms with Crippen LogP contribution in [0.25, 0.3) is 0 Å². The molecule has 0 aliphatic heterocycles. The predicted octanol–water partition coefficient (Wildman–Crippen LogP) is 1.04. The molecule has 3 atom stereocenters. The Morgan fingerprint density at radius 3 is 1.75 bits per heavy atom. The van der Waals surface area contributed by atoms with Crippen LogP contribution in [0, 0.1) is 22.2 Å². The Hall–Kier alpha value is -1.06. The molecule has 0 aromatic heterocycles. The van der Waals surface area contributed by atoms with Gasteiger partial charge < -0.3 is 11.5 Å². The first-order chi connectivity index (χ1) is 7.01. The Morgan fingerprint density at radius 2 is 1.50 bits per heavy atom. The van der Waals surface area contributed by atoms with Crippen molar-refractivity contribution in [2.75, 3.05) is 0 Å². The lowest BCUT2D eigenvalue weighted by atomic mass is 9.57. The molecular weight excluding hydrogens is 204 g/mol. The van der Waals surface area contributed by atoms with Gasteiger partial charge >= 0.3 is 0 Å². The molecule has 16 heavy (non-hydrogen) atoms. The number of carbonyl (C=O) groups excluding carboxylic acids is 2. The molecule has 0 bridgehead atoms. The summed E-state index contributed by atoms with van der Waals surface area (Å²) >= 11 is 0. The average Bonchev–Trinajstić information content (AvgIpc) is 2.27. The molecule has 0 radical (unpaired) electrons. The highest BCUT2D eigenvalue weighted by atomic mass is 16.2. The van der Waals surface area contributed by atoms with E-state index in [1.807, 2.05) is 20.8 Å². The summed E-state index contributed by atoms with van der Waals surface area (Å²) < 4.78 is 0. The van der Waals surface area contributed by atoms with Crippen LogP contribution < -0.4 is 11.5 Å². The SMILES string of the molecule is CC1CC(C)(C(N)=O)C(C)(C(N)=O)C1(C)C. The molecule has 3 unspecified atom stereocenters. The van der Waals surface area contributed by atoms with Crippen molar-refractivity contribution >= 4 is 11.8 Å². The summed E-state index contributed by atoms with van der Waals surface area (Å²) in [6, 6.07) is 0. The maximum Gasteiger partial charge on any atom is 0.224 e. The van der Waals surface area contributed by atoms with Gasteiger partial charge in [-0.25, -0.2) is 0 Å². The molecule has 0 aromatic rings. The summed E-state index contributed by atoms with van der Waals surface area (Å²) in [6.45, 7) is 9.53. The lowest BCUT2D eigenvalue weighted by Gasteiger charge is -2.44. The van der Waals surface area contributed by atoms with Crippen LogP contribution in [0.3, 0.4) is 0 Å². The van der Waals surface area contributed by atoms with Gasteiger partial charge in [0.15, 0.2) is 0 Å². The lowest BCUT2D eigenvalue weighted by molar-refractivity contribution is -0.149. The third-order valence-electron chi connectivity index (χ3n) is 5.38. The number of hydrogen-bond acceptors (Lipinski definition) is 2. The molecule has 4 nitrogen and oxygen atoms in total. The van der Waals surface area contributed by atoms with E-state index in [-0.39, 0.29) is 11.3 Å². The van der Waals surface area contributed by atoms with E-state index in [0.717, 1.165) is 0 Å². The van der Waals surface area contributed by atoms with Crippen LogP contribution in [0.5, 0.6) is 0 Å². The monoisotopic (exact) mass is 226 g/mol. The van der Waals surface area contributed by atoms with Gasteiger partial charge in [0.05, 0.1) is 10.8 Å². The highest BCUT2D eigenvalue weighted by Gasteiger charge is 2.67. The zero-order valence-corrected chi connectivity index (χ0v) is 10.8. The van der Waals surface area contributed by atoms with Crippen LogP contribution in [-0.2, 0) is 9.59 Å². The Bertz CT molecular complexity index is 351. The second-order valence-corrected chi connectivity index (χ2v) is 6.01. The number of primary amides is 2. The second-order valence-electron chi connectivity index (χ2n) is 6.01. The number of amides is 2. The molecular formula is C12H22N2O2. The topological polar surface area (TPSA) is 86.2 Å². The number of carbonyl (C=O) groups is 2. The van der Waals surface area contributed by atoms with Crippen molar-refractivity contribution < 1.29 is 9.59 Å². The smallest absolute Gasteiger partial charge is 0.224 e. The van der Waals surface area contributed by atoms with E-state index in [4.69, 9.17) is 11.5 Å². The zero-order chi connectivity index (χ0) is 12.9. The van der Waals surface area contributed by atoms with Gasteiger partial charge in [0.2, 0.25) is 11.8 Å². The van der Waals surface area contributed by atoms with Crippen molar-refractivity contribution in [2.45, 2.75) is 41.0 Å². The minimum Gasteiger partial charge on any atom is -0.369 e. The van der Waals surface area contributed by atoms with E-state index >= 15 is 0 Å². The van der Waals surface area contributed by atoms with Gasteiger partial charge in [0, 0.05) is 0 Å². The van der Waals surface area contributed by atoms with Crippen molar-refractivity contribution in [1.29, 1.82) is 0 Å². The molecule has 0 spiro atoms. The van der Waals surface area contributed by atoms with Gasteiger partial charge in [0.25, 0.3) is 0 Å². The minimum atomic E-state index is -0.898. The van der Waals surface area contributed by atoms with Crippen LogP contribution in [0.4, 0.5) is 0 Å². The molecule has 1 fully saturated rings. The van der Waals surface area contributed by atoms with E-state index in [2.05, 4.69) is 0 Å². The van der Waals surface area contributed by atoms with Crippen LogP contribution in [0.1, 0.15) is 41.0 Å². The minimum absolute atomic E-state index is 0.225.